The number of rotatable bonds is 5. The lowest BCUT2D eigenvalue weighted by molar-refractivity contribution is 0.177. The zero-order chi connectivity index (χ0) is 24.1. The fourth-order valence-electron chi connectivity index (χ4n) is 6.06. The minimum Gasteiger partial charge on any atom is -0.370 e. The van der Waals surface area contributed by atoms with Gasteiger partial charge in [-0.3, -0.25) is 0 Å². The fourth-order valence-corrected chi connectivity index (χ4v) is 6.06. The molecule has 3 aromatic rings. The molecular formula is C29H32N6. The minimum absolute atomic E-state index is 0.0182. The minimum atomic E-state index is -0.0182. The first kappa shape index (κ1) is 21.7. The maximum atomic E-state index is 4.87. The van der Waals surface area contributed by atoms with Gasteiger partial charge in [0.1, 0.15) is 12.3 Å². The summed E-state index contributed by atoms with van der Waals surface area (Å²) in [6.07, 6.45) is 8.93. The number of allylic oxidation sites excluding steroid dienone is 1. The molecule has 35 heavy (non-hydrogen) atoms. The maximum Gasteiger partial charge on any atom is 0.178 e. The van der Waals surface area contributed by atoms with Gasteiger partial charge in [0.25, 0.3) is 0 Å². The largest absolute Gasteiger partial charge is 0.370 e. The van der Waals surface area contributed by atoms with Crippen LogP contribution in [0.3, 0.4) is 0 Å². The van der Waals surface area contributed by atoms with Gasteiger partial charge in [0, 0.05) is 55.1 Å². The number of nitrogens with zero attached hydrogens (tertiary/aromatic N) is 5. The SMILES string of the molecule is C=C(C(C)CC)C1c2ccccc2N2c3nccnc3N(c3ccccc3)C2C1C1NC=CN1C. The summed E-state index contributed by atoms with van der Waals surface area (Å²) in [7, 11) is 2.15. The van der Waals surface area contributed by atoms with Gasteiger partial charge in [-0.25, -0.2) is 9.97 Å². The smallest absolute Gasteiger partial charge is 0.178 e. The second-order valence-electron chi connectivity index (χ2n) is 9.78. The molecule has 2 aromatic carbocycles. The van der Waals surface area contributed by atoms with E-state index in [1.807, 2.05) is 0 Å². The third kappa shape index (κ3) is 3.23. The zero-order valence-corrected chi connectivity index (χ0v) is 20.5. The van der Waals surface area contributed by atoms with Crippen LogP contribution < -0.4 is 15.1 Å². The van der Waals surface area contributed by atoms with Gasteiger partial charge < -0.3 is 20.0 Å². The number of hydrogen-bond acceptors (Lipinski definition) is 6. The first-order valence-corrected chi connectivity index (χ1v) is 12.5. The molecule has 3 aliphatic heterocycles. The van der Waals surface area contributed by atoms with Crippen LogP contribution in [-0.4, -0.2) is 34.2 Å². The van der Waals surface area contributed by atoms with Gasteiger partial charge in [-0.05, 0) is 36.1 Å². The Morgan fingerprint density at radius 2 is 1.69 bits per heavy atom. The van der Waals surface area contributed by atoms with Crippen LogP contribution in [0, 0.1) is 11.8 Å². The van der Waals surface area contributed by atoms with Crippen molar-refractivity contribution in [3.63, 3.8) is 0 Å². The van der Waals surface area contributed by atoms with E-state index in [-0.39, 0.29) is 24.2 Å². The van der Waals surface area contributed by atoms with E-state index < -0.39 is 0 Å². The first-order chi connectivity index (χ1) is 17.1. The highest BCUT2D eigenvalue weighted by Gasteiger charge is 2.55. The number of anilines is 4. The summed E-state index contributed by atoms with van der Waals surface area (Å²) in [6.45, 7) is 9.28. The standard InChI is InChI=1S/C29H32N6/c1-5-19(2)20(3)24-22-13-9-10-14-23(22)35-28-27(30-15-16-31-28)34(21-11-7-6-8-12-21)29(35)25(24)26-32-17-18-33(26)4/h6-19,24-26,29,32H,3,5H2,1-2,4H3. The summed E-state index contributed by atoms with van der Waals surface area (Å²) in [5.41, 5.74) is 4.91. The van der Waals surface area contributed by atoms with E-state index in [1.54, 1.807) is 12.4 Å². The normalized spacial score (nSPS) is 25.1. The molecule has 6 nitrogen and oxygen atoms in total. The van der Waals surface area contributed by atoms with Crippen LogP contribution in [0.5, 0.6) is 0 Å². The lowest BCUT2D eigenvalue weighted by Crippen LogP contribution is -2.58. The predicted octanol–water partition coefficient (Wildman–Crippen LogP) is 5.74. The highest BCUT2D eigenvalue weighted by atomic mass is 15.5. The van der Waals surface area contributed by atoms with Gasteiger partial charge in [-0.15, -0.1) is 0 Å². The summed E-state index contributed by atoms with van der Waals surface area (Å²) in [6, 6.07) is 19.4. The van der Waals surface area contributed by atoms with Crippen LogP contribution in [0.15, 0.2) is 91.5 Å². The molecule has 1 aromatic heterocycles. The van der Waals surface area contributed by atoms with Crippen molar-refractivity contribution >= 4 is 23.0 Å². The molecule has 1 N–H and O–H groups in total. The molecule has 5 atom stereocenters. The third-order valence-corrected chi connectivity index (χ3v) is 7.97. The van der Waals surface area contributed by atoms with E-state index in [4.69, 9.17) is 16.5 Å². The van der Waals surface area contributed by atoms with E-state index in [0.717, 1.165) is 23.7 Å². The van der Waals surface area contributed by atoms with Crippen molar-refractivity contribution in [2.75, 3.05) is 16.8 Å². The Morgan fingerprint density at radius 1 is 1.00 bits per heavy atom. The number of para-hydroxylation sites is 2. The summed E-state index contributed by atoms with van der Waals surface area (Å²) in [5.74, 6) is 2.53. The Bertz CT molecular complexity index is 1270. The molecule has 6 heteroatoms. The quantitative estimate of drug-likeness (QED) is 0.486. The number of fused-ring (bicyclic) bond motifs is 5. The van der Waals surface area contributed by atoms with Crippen molar-refractivity contribution in [2.24, 2.45) is 11.8 Å². The molecule has 0 saturated heterocycles. The molecule has 178 valence electrons. The van der Waals surface area contributed by atoms with E-state index >= 15 is 0 Å². The Morgan fingerprint density at radius 3 is 2.37 bits per heavy atom. The van der Waals surface area contributed by atoms with Gasteiger partial charge in [0.2, 0.25) is 0 Å². The summed E-state index contributed by atoms with van der Waals surface area (Å²) in [4.78, 5) is 16.8. The average molecular weight is 465 g/mol. The molecule has 4 heterocycles. The van der Waals surface area contributed by atoms with E-state index in [0.29, 0.717) is 5.92 Å². The van der Waals surface area contributed by atoms with Gasteiger partial charge in [-0.1, -0.05) is 62.4 Å². The van der Waals surface area contributed by atoms with Crippen LogP contribution in [0.2, 0.25) is 0 Å². The van der Waals surface area contributed by atoms with E-state index in [2.05, 4.69) is 108 Å². The second-order valence-corrected chi connectivity index (χ2v) is 9.78. The molecule has 0 radical (unpaired) electrons. The molecule has 6 rings (SSSR count). The summed E-state index contributed by atoms with van der Waals surface area (Å²) >= 11 is 0. The zero-order valence-electron chi connectivity index (χ0n) is 20.5. The average Bonchev–Trinajstić information content (AvgIpc) is 3.48. The molecule has 0 fully saturated rings. The molecule has 0 amide bonds. The van der Waals surface area contributed by atoms with Crippen LogP contribution in [0.4, 0.5) is 23.0 Å². The van der Waals surface area contributed by atoms with Crippen molar-refractivity contribution in [1.82, 2.24) is 20.2 Å². The van der Waals surface area contributed by atoms with E-state index in [9.17, 15) is 0 Å². The molecule has 0 saturated carbocycles. The molecule has 0 spiro atoms. The maximum absolute atomic E-state index is 4.87. The van der Waals surface area contributed by atoms with Gasteiger partial charge in [0.05, 0.1) is 0 Å². The molecule has 0 bridgehead atoms. The lowest BCUT2D eigenvalue weighted by atomic mass is 9.70. The number of aromatic nitrogens is 2. The molecule has 5 unspecified atom stereocenters. The predicted molar refractivity (Wildman–Crippen MR) is 142 cm³/mol. The Balaban J connectivity index is 1.63. The topological polar surface area (TPSA) is 47.5 Å². The molecular weight excluding hydrogens is 432 g/mol. The van der Waals surface area contributed by atoms with Crippen LogP contribution in [0.25, 0.3) is 0 Å². The van der Waals surface area contributed by atoms with Gasteiger partial charge in [-0.2, -0.15) is 0 Å². The van der Waals surface area contributed by atoms with Crippen molar-refractivity contribution < 1.29 is 0 Å². The number of benzene rings is 2. The van der Waals surface area contributed by atoms with Crippen molar-refractivity contribution in [1.29, 1.82) is 0 Å². The highest BCUT2D eigenvalue weighted by Crippen LogP contribution is 2.57. The van der Waals surface area contributed by atoms with Crippen molar-refractivity contribution in [3.8, 4) is 0 Å². The van der Waals surface area contributed by atoms with Crippen LogP contribution >= 0.6 is 0 Å². The van der Waals surface area contributed by atoms with Crippen molar-refractivity contribution in [2.45, 2.75) is 38.5 Å². The molecule has 3 aliphatic rings. The number of nitrogens with one attached hydrogen (secondary N) is 1. The first-order valence-electron chi connectivity index (χ1n) is 12.5. The Labute approximate surface area is 207 Å². The second kappa shape index (κ2) is 8.45. The van der Waals surface area contributed by atoms with Gasteiger partial charge >= 0.3 is 0 Å². The Kier molecular flexibility index (Phi) is 5.24. The Hall–Kier alpha value is -3.80. The van der Waals surface area contributed by atoms with Crippen molar-refractivity contribution in [3.05, 3.63) is 97.1 Å². The summed E-state index contributed by atoms with van der Waals surface area (Å²) < 4.78 is 0. The summed E-state index contributed by atoms with van der Waals surface area (Å²) in [5, 5.41) is 3.67. The monoisotopic (exact) mass is 464 g/mol. The van der Waals surface area contributed by atoms with Crippen LogP contribution in [0.1, 0.15) is 31.7 Å². The van der Waals surface area contributed by atoms with Gasteiger partial charge in [0.15, 0.2) is 11.6 Å². The highest BCUT2D eigenvalue weighted by molar-refractivity contribution is 5.86. The number of hydrogen-bond donors (Lipinski definition) is 1. The van der Waals surface area contributed by atoms with E-state index in [1.165, 1.54) is 16.8 Å². The third-order valence-electron chi connectivity index (χ3n) is 7.97. The van der Waals surface area contributed by atoms with Crippen LogP contribution in [-0.2, 0) is 0 Å². The fraction of sp³-hybridized carbons (Fsp3) is 0.310. The molecule has 0 aliphatic carbocycles. The lowest BCUT2D eigenvalue weighted by Gasteiger charge is -2.50.